The fourth-order valence-corrected chi connectivity index (χ4v) is 5.81. The predicted octanol–water partition coefficient (Wildman–Crippen LogP) is 0.755. The molecule has 0 radical (unpaired) electrons. The number of anilines is 1. The molecule has 1 aliphatic heterocycles. The Morgan fingerprint density at radius 1 is 1.48 bits per heavy atom. The molecule has 0 saturated carbocycles. The summed E-state index contributed by atoms with van der Waals surface area (Å²) in [5.74, 6) is 0.176. The van der Waals surface area contributed by atoms with Crippen molar-refractivity contribution >= 4 is 44.0 Å². The van der Waals surface area contributed by atoms with E-state index in [2.05, 4.69) is 20.8 Å². The van der Waals surface area contributed by atoms with Crippen molar-refractivity contribution in [1.29, 1.82) is 0 Å². The summed E-state index contributed by atoms with van der Waals surface area (Å²) in [6.45, 7) is 4.51. The van der Waals surface area contributed by atoms with Crippen LogP contribution in [0.25, 0.3) is 0 Å². The number of amides is 1. The van der Waals surface area contributed by atoms with E-state index in [-0.39, 0.29) is 23.2 Å². The number of hydrogen-bond acceptors (Lipinski definition) is 8. The Bertz CT molecular complexity index is 616. The summed E-state index contributed by atoms with van der Waals surface area (Å²) in [6, 6.07) is 0. The van der Waals surface area contributed by atoms with E-state index in [9.17, 15) is 13.2 Å². The van der Waals surface area contributed by atoms with E-state index in [0.29, 0.717) is 10.8 Å². The van der Waals surface area contributed by atoms with Crippen LogP contribution >= 0.6 is 23.1 Å². The van der Waals surface area contributed by atoms with Crippen molar-refractivity contribution in [1.82, 2.24) is 15.5 Å². The van der Waals surface area contributed by atoms with Crippen LogP contribution in [0.15, 0.2) is 4.34 Å². The second-order valence-corrected chi connectivity index (χ2v) is 9.53. The quantitative estimate of drug-likeness (QED) is 0.730. The van der Waals surface area contributed by atoms with Gasteiger partial charge in [-0.1, -0.05) is 23.1 Å². The average molecular weight is 350 g/mol. The average Bonchev–Trinajstić information content (AvgIpc) is 2.92. The number of nitrogens with zero attached hydrogens (tertiary/aromatic N) is 2. The minimum Gasteiger partial charge on any atom is -0.360 e. The standard InChI is InChI=1S/C11H18N4O3S3/c1-3-12-9-14-15-10(20-9)19-6-8(16)13-11(2)4-5-21(17,18)7-11/h3-7H2,1-2H3,(H,12,14)(H,13,16)/t11-/m1/s1. The van der Waals surface area contributed by atoms with Gasteiger partial charge in [-0.3, -0.25) is 4.79 Å². The normalized spacial score (nSPS) is 23.9. The largest absolute Gasteiger partial charge is 0.360 e. The number of sulfone groups is 1. The van der Waals surface area contributed by atoms with Gasteiger partial charge in [-0.2, -0.15) is 0 Å². The van der Waals surface area contributed by atoms with E-state index in [1.807, 2.05) is 6.92 Å². The lowest BCUT2D eigenvalue weighted by molar-refractivity contribution is -0.120. The van der Waals surface area contributed by atoms with Crippen molar-refractivity contribution in [3.05, 3.63) is 0 Å². The molecule has 1 saturated heterocycles. The van der Waals surface area contributed by atoms with Gasteiger partial charge in [-0.15, -0.1) is 10.2 Å². The highest BCUT2D eigenvalue weighted by Crippen LogP contribution is 2.26. The van der Waals surface area contributed by atoms with E-state index < -0.39 is 15.4 Å². The van der Waals surface area contributed by atoms with Crippen LogP contribution in [0.4, 0.5) is 5.13 Å². The summed E-state index contributed by atoms with van der Waals surface area (Å²) in [5.41, 5.74) is -0.646. The van der Waals surface area contributed by atoms with Crippen LogP contribution < -0.4 is 10.6 Å². The maximum atomic E-state index is 11.9. The highest BCUT2D eigenvalue weighted by molar-refractivity contribution is 8.01. The molecule has 1 aromatic heterocycles. The van der Waals surface area contributed by atoms with Gasteiger partial charge >= 0.3 is 0 Å². The van der Waals surface area contributed by atoms with E-state index in [1.165, 1.54) is 23.1 Å². The number of nitrogens with one attached hydrogen (secondary N) is 2. The molecule has 10 heteroatoms. The van der Waals surface area contributed by atoms with Gasteiger partial charge in [0.05, 0.1) is 22.8 Å². The number of carbonyl (C=O) groups excluding carboxylic acids is 1. The van der Waals surface area contributed by atoms with Crippen LogP contribution in [0.1, 0.15) is 20.3 Å². The molecule has 0 bridgehead atoms. The molecular weight excluding hydrogens is 332 g/mol. The number of rotatable bonds is 6. The summed E-state index contributed by atoms with van der Waals surface area (Å²) >= 11 is 2.70. The molecule has 2 heterocycles. The van der Waals surface area contributed by atoms with E-state index in [1.54, 1.807) is 6.92 Å². The molecule has 0 aliphatic carbocycles. The fraction of sp³-hybridized carbons (Fsp3) is 0.727. The van der Waals surface area contributed by atoms with Crippen molar-refractivity contribution in [2.45, 2.75) is 30.1 Å². The predicted molar refractivity (Wildman–Crippen MR) is 84.6 cm³/mol. The third-order valence-corrected chi connectivity index (χ3v) is 6.92. The Labute approximate surface area is 132 Å². The maximum absolute atomic E-state index is 11.9. The summed E-state index contributed by atoms with van der Waals surface area (Å²) in [6.07, 6.45) is 0.467. The third-order valence-electron chi connectivity index (χ3n) is 3.01. The Hall–Kier alpha value is -0.870. The molecule has 1 fully saturated rings. The first kappa shape index (κ1) is 16.5. The second kappa shape index (κ2) is 6.49. The third kappa shape index (κ3) is 4.82. The van der Waals surface area contributed by atoms with Crippen LogP contribution in [-0.2, 0) is 14.6 Å². The summed E-state index contributed by atoms with van der Waals surface area (Å²) in [4.78, 5) is 11.9. The van der Waals surface area contributed by atoms with Gasteiger partial charge in [-0.05, 0) is 20.3 Å². The zero-order chi connectivity index (χ0) is 15.5. The van der Waals surface area contributed by atoms with Gasteiger partial charge in [0, 0.05) is 6.54 Å². The molecule has 0 spiro atoms. The van der Waals surface area contributed by atoms with Gasteiger partial charge < -0.3 is 10.6 Å². The number of carbonyl (C=O) groups is 1. The lowest BCUT2D eigenvalue weighted by atomic mass is 10.0. The van der Waals surface area contributed by atoms with E-state index >= 15 is 0 Å². The lowest BCUT2D eigenvalue weighted by Gasteiger charge is -2.23. The Kier molecular flexibility index (Phi) is 5.10. The zero-order valence-corrected chi connectivity index (χ0v) is 14.3. The van der Waals surface area contributed by atoms with Crippen LogP contribution in [0.5, 0.6) is 0 Å². The molecule has 21 heavy (non-hydrogen) atoms. The van der Waals surface area contributed by atoms with E-state index in [0.717, 1.165) is 11.7 Å². The Morgan fingerprint density at radius 2 is 2.24 bits per heavy atom. The monoisotopic (exact) mass is 350 g/mol. The maximum Gasteiger partial charge on any atom is 0.230 e. The molecular formula is C11H18N4O3S3. The SMILES string of the molecule is CCNc1nnc(SCC(=O)N[C@]2(C)CCS(=O)(=O)C2)s1. The van der Waals surface area contributed by atoms with Gasteiger partial charge in [0.2, 0.25) is 11.0 Å². The summed E-state index contributed by atoms with van der Waals surface area (Å²) < 4.78 is 23.7. The van der Waals surface area contributed by atoms with Crippen molar-refractivity contribution in [2.24, 2.45) is 0 Å². The first-order valence-corrected chi connectivity index (χ1v) is 10.2. The molecule has 118 valence electrons. The number of aromatic nitrogens is 2. The van der Waals surface area contributed by atoms with Crippen molar-refractivity contribution < 1.29 is 13.2 Å². The van der Waals surface area contributed by atoms with Gasteiger partial charge in [0.1, 0.15) is 0 Å². The second-order valence-electron chi connectivity index (χ2n) is 5.14. The van der Waals surface area contributed by atoms with Crippen LogP contribution in [0, 0.1) is 0 Å². The molecule has 2 rings (SSSR count). The molecule has 7 nitrogen and oxygen atoms in total. The zero-order valence-electron chi connectivity index (χ0n) is 11.9. The van der Waals surface area contributed by atoms with Crippen LogP contribution in [-0.4, -0.2) is 53.9 Å². The topological polar surface area (TPSA) is 101 Å². The molecule has 1 atom stereocenters. The van der Waals surface area contributed by atoms with Crippen LogP contribution in [0.2, 0.25) is 0 Å². The van der Waals surface area contributed by atoms with Gasteiger partial charge in [0.25, 0.3) is 0 Å². The van der Waals surface area contributed by atoms with Crippen molar-refractivity contribution in [2.75, 3.05) is 29.1 Å². The summed E-state index contributed by atoms with van der Waals surface area (Å²) in [7, 11) is -3.02. The fourth-order valence-electron chi connectivity index (χ4n) is 2.10. The summed E-state index contributed by atoms with van der Waals surface area (Å²) in [5, 5.41) is 14.5. The first-order chi connectivity index (χ1) is 9.82. The van der Waals surface area contributed by atoms with E-state index in [4.69, 9.17) is 0 Å². The molecule has 1 amide bonds. The van der Waals surface area contributed by atoms with Crippen LogP contribution in [0.3, 0.4) is 0 Å². The Balaban J connectivity index is 1.82. The van der Waals surface area contributed by atoms with Gasteiger partial charge in [-0.25, -0.2) is 8.42 Å². The highest BCUT2D eigenvalue weighted by Gasteiger charge is 2.39. The highest BCUT2D eigenvalue weighted by atomic mass is 32.2. The minimum atomic E-state index is -3.02. The molecule has 1 aromatic rings. The Morgan fingerprint density at radius 3 is 2.86 bits per heavy atom. The minimum absolute atomic E-state index is 0.0137. The molecule has 0 unspecified atom stereocenters. The van der Waals surface area contributed by atoms with Crippen molar-refractivity contribution in [3.63, 3.8) is 0 Å². The molecule has 2 N–H and O–H groups in total. The van der Waals surface area contributed by atoms with Gasteiger partial charge in [0.15, 0.2) is 14.2 Å². The number of hydrogen-bond donors (Lipinski definition) is 2. The molecule has 1 aliphatic rings. The first-order valence-electron chi connectivity index (χ1n) is 6.53. The molecule has 0 aromatic carbocycles. The smallest absolute Gasteiger partial charge is 0.230 e. The lowest BCUT2D eigenvalue weighted by Crippen LogP contribution is -2.47. The number of thioether (sulfide) groups is 1. The van der Waals surface area contributed by atoms with Crippen molar-refractivity contribution in [3.8, 4) is 0 Å².